The molecule has 1 fully saturated rings. The largest absolute Gasteiger partial charge is 0.481 e. The van der Waals surface area contributed by atoms with Gasteiger partial charge < -0.3 is 46.1 Å². The lowest BCUT2D eigenvalue weighted by molar-refractivity contribution is -0.138. The maximum Gasteiger partial charge on any atom is 0.316 e. The predicted octanol–water partition coefficient (Wildman–Crippen LogP) is -4.56. The Bertz CT molecular complexity index is 823. The standard InChI is InChI=1S/C20H34N6O11/c1-10(27)15-18(33)21-5-6-36-7-8-37-9-13(29)23-16(11(2)28)19(34)26-25-17(32)12(3-4-14(30)31)22-20(35)24-15/h10-12,15-16,27-28H,3-9H2,1-2H3,(H,21,33)(H,23,29)(H,25,32)(H,26,34)(H,30,31)(H2,22,24,35)/t10?,11?,12-,15-,16+/m0/s1. The summed E-state index contributed by atoms with van der Waals surface area (Å²) in [6, 6.07) is -5.49. The Morgan fingerprint density at radius 1 is 0.865 bits per heavy atom. The van der Waals surface area contributed by atoms with Gasteiger partial charge in [-0.25, -0.2) is 4.79 Å². The highest BCUT2D eigenvalue weighted by atomic mass is 16.5. The molecule has 9 N–H and O–H groups in total. The van der Waals surface area contributed by atoms with Crippen LogP contribution >= 0.6 is 0 Å². The maximum atomic E-state index is 12.6. The lowest BCUT2D eigenvalue weighted by Crippen LogP contribution is -2.61. The van der Waals surface area contributed by atoms with Crippen molar-refractivity contribution in [1.82, 2.24) is 32.1 Å². The molecule has 0 aromatic heterocycles. The Balaban J connectivity index is 3.05. The second kappa shape index (κ2) is 16.3. The topological polar surface area (TPSA) is 254 Å². The van der Waals surface area contributed by atoms with Crippen molar-refractivity contribution in [3.63, 3.8) is 0 Å². The monoisotopic (exact) mass is 534 g/mol. The summed E-state index contributed by atoms with van der Waals surface area (Å²) >= 11 is 0. The minimum Gasteiger partial charge on any atom is -0.481 e. The fourth-order valence-corrected chi connectivity index (χ4v) is 2.93. The van der Waals surface area contributed by atoms with Crippen LogP contribution in [-0.4, -0.2) is 114 Å². The molecule has 0 saturated carbocycles. The van der Waals surface area contributed by atoms with Gasteiger partial charge in [0.05, 0.1) is 32.0 Å². The summed E-state index contributed by atoms with van der Waals surface area (Å²) in [7, 11) is 0. The van der Waals surface area contributed by atoms with Crippen molar-refractivity contribution in [2.24, 2.45) is 0 Å². The molecule has 0 aromatic carbocycles. The molecule has 17 heteroatoms. The third-order valence-corrected chi connectivity index (χ3v) is 4.86. The second-order valence-corrected chi connectivity index (χ2v) is 8.04. The molecule has 210 valence electrons. The van der Waals surface area contributed by atoms with Gasteiger partial charge in [0.15, 0.2) is 0 Å². The van der Waals surface area contributed by atoms with Crippen molar-refractivity contribution in [3.05, 3.63) is 0 Å². The first-order chi connectivity index (χ1) is 17.4. The van der Waals surface area contributed by atoms with Gasteiger partial charge in [0.1, 0.15) is 24.7 Å². The molecule has 17 nitrogen and oxygen atoms in total. The first-order valence-corrected chi connectivity index (χ1v) is 11.4. The summed E-state index contributed by atoms with van der Waals surface area (Å²) in [6.45, 7) is 2.12. The van der Waals surface area contributed by atoms with Gasteiger partial charge in [-0.05, 0) is 20.3 Å². The van der Waals surface area contributed by atoms with Crippen molar-refractivity contribution in [3.8, 4) is 0 Å². The molecule has 1 aliphatic rings. The van der Waals surface area contributed by atoms with Crippen LogP contribution in [0.15, 0.2) is 0 Å². The maximum absolute atomic E-state index is 12.6. The summed E-state index contributed by atoms with van der Waals surface area (Å²) in [5.74, 6) is -4.82. The molecule has 6 amide bonds. The number of hydrogen-bond donors (Lipinski definition) is 9. The van der Waals surface area contributed by atoms with E-state index in [1.54, 1.807) is 0 Å². The van der Waals surface area contributed by atoms with Crippen LogP contribution < -0.4 is 32.1 Å². The molecular formula is C20H34N6O11. The van der Waals surface area contributed by atoms with Crippen LogP contribution in [0, 0.1) is 0 Å². The van der Waals surface area contributed by atoms with Gasteiger partial charge in [-0.15, -0.1) is 0 Å². The Kier molecular flexibility index (Phi) is 13.8. The third kappa shape index (κ3) is 12.3. The third-order valence-electron chi connectivity index (χ3n) is 4.86. The van der Waals surface area contributed by atoms with Crippen molar-refractivity contribution >= 4 is 35.6 Å². The van der Waals surface area contributed by atoms with Crippen LogP contribution in [0.5, 0.6) is 0 Å². The number of hydrazine groups is 1. The molecule has 0 aromatic rings. The van der Waals surface area contributed by atoms with Gasteiger partial charge in [0.25, 0.3) is 11.8 Å². The fraction of sp³-hybridized carbons (Fsp3) is 0.700. The van der Waals surface area contributed by atoms with Crippen LogP contribution in [0.3, 0.4) is 0 Å². The minimum atomic E-state index is -1.50. The summed E-state index contributed by atoms with van der Waals surface area (Å²) in [5.41, 5.74) is 3.97. The molecular weight excluding hydrogens is 500 g/mol. The quantitative estimate of drug-likeness (QED) is 0.162. The van der Waals surface area contributed by atoms with E-state index < -0.39 is 85.4 Å². The summed E-state index contributed by atoms with van der Waals surface area (Å²) < 4.78 is 10.4. The zero-order valence-electron chi connectivity index (χ0n) is 20.4. The van der Waals surface area contributed by atoms with E-state index in [1.165, 1.54) is 13.8 Å². The average molecular weight is 535 g/mol. The highest BCUT2D eigenvalue weighted by Gasteiger charge is 2.30. The SMILES string of the molecule is CC(O)[C@@H]1NC(=O)N[C@@H](CCC(=O)O)C(=O)NNC(=O)[C@@H](C(C)O)NC(=O)COCCOCCNC1=O. The summed E-state index contributed by atoms with van der Waals surface area (Å²) in [5, 5.41) is 37.8. The molecule has 1 rings (SSSR count). The minimum absolute atomic E-state index is 0.00127. The van der Waals surface area contributed by atoms with Crippen molar-refractivity contribution in [1.29, 1.82) is 0 Å². The number of ether oxygens (including phenoxy) is 2. The molecule has 0 bridgehead atoms. The molecule has 1 aliphatic heterocycles. The normalized spacial score (nSPS) is 25.5. The van der Waals surface area contributed by atoms with Crippen molar-refractivity contribution in [2.75, 3.05) is 33.0 Å². The van der Waals surface area contributed by atoms with Gasteiger partial charge in [0.2, 0.25) is 11.8 Å². The number of amides is 6. The number of aliphatic hydroxyl groups excluding tert-OH is 2. The van der Waals surface area contributed by atoms with E-state index in [-0.39, 0.29) is 26.4 Å². The van der Waals surface area contributed by atoms with Crippen LogP contribution in [-0.2, 0) is 33.4 Å². The number of aliphatic hydroxyl groups is 2. The van der Waals surface area contributed by atoms with E-state index in [2.05, 4.69) is 21.3 Å². The average Bonchev–Trinajstić information content (AvgIpc) is 2.82. The summed E-state index contributed by atoms with van der Waals surface area (Å²) in [4.78, 5) is 72.9. The molecule has 0 spiro atoms. The van der Waals surface area contributed by atoms with E-state index in [0.29, 0.717) is 0 Å². The number of rotatable bonds is 5. The molecule has 37 heavy (non-hydrogen) atoms. The number of carboxylic acid groups (broad SMARTS) is 1. The van der Waals surface area contributed by atoms with Gasteiger partial charge >= 0.3 is 12.0 Å². The van der Waals surface area contributed by atoms with E-state index in [9.17, 15) is 39.0 Å². The van der Waals surface area contributed by atoms with Crippen molar-refractivity contribution < 1.29 is 53.6 Å². The van der Waals surface area contributed by atoms with Crippen LogP contribution in [0.25, 0.3) is 0 Å². The fourth-order valence-electron chi connectivity index (χ4n) is 2.93. The van der Waals surface area contributed by atoms with Crippen LogP contribution in [0.1, 0.15) is 26.7 Å². The first-order valence-electron chi connectivity index (χ1n) is 11.4. The molecule has 0 radical (unpaired) electrons. The molecule has 1 saturated heterocycles. The Morgan fingerprint density at radius 3 is 2.08 bits per heavy atom. The van der Waals surface area contributed by atoms with Gasteiger partial charge in [-0.1, -0.05) is 0 Å². The summed E-state index contributed by atoms with van der Waals surface area (Å²) in [6.07, 6.45) is -3.66. The molecule has 2 unspecified atom stereocenters. The Labute approximate surface area is 212 Å². The van der Waals surface area contributed by atoms with E-state index in [1.807, 2.05) is 10.9 Å². The van der Waals surface area contributed by atoms with E-state index in [4.69, 9.17) is 14.6 Å². The van der Waals surface area contributed by atoms with E-state index in [0.717, 1.165) is 0 Å². The number of nitrogens with one attached hydrogen (secondary N) is 6. The number of urea groups is 1. The second-order valence-electron chi connectivity index (χ2n) is 8.04. The number of carbonyl (C=O) groups is 6. The van der Waals surface area contributed by atoms with Gasteiger partial charge in [-0.2, -0.15) is 0 Å². The lowest BCUT2D eigenvalue weighted by atomic mass is 10.1. The van der Waals surface area contributed by atoms with Crippen LogP contribution in [0.4, 0.5) is 4.79 Å². The van der Waals surface area contributed by atoms with E-state index >= 15 is 0 Å². The number of carbonyl (C=O) groups excluding carboxylic acids is 5. The van der Waals surface area contributed by atoms with Crippen LogP contribution in [0.2, 0.25) is 0 Å². The first kappa shape index (κ1) is 31.5. The highest BCUT2D eigenvalue weighted by molar-refractivity contribution is 5.93. The van der Waals surface area contributed by atoms with Gasteiger partial charge in [0, 0.05) is 13.0 Å². The molecule has 1 heterocycles. The number of carboxylic acids is 1. The van der Waals surface area contributed by atoms with Crippen molar-refractivity contribution in [2.45, 2.75) is 57.0 Å². The Hall–Kier alpha value is -3.54. The zero-order chi connectivity index (χ0) is 28.0. The van der Waals surface area contributed by atoms with Gasteiger partial charge in [-0.3, -0.25) is 34.8 Å². The smallest absolute Gasteiger partial charge is 0.316 e. The Morgan fingerprint density at radius 2 is 1.46 bits per heavy atom. The molecule has 5 atom stereocenters. The lowest BCUT2D eigenvalue weighted by Gasteiger charge is -2.24. The number of hydrogen-bond acceptors (Lipinski definition) is 10. The highest BCUT2D eigenvalue weighted by Crippen LogP contribution is 2.00. The number of aliphatic carboxylic acids is 1. The molecule has 0 aliphatic carbocycles. The predicted molar refractivity (Wildman–Crippen MR) is 122 cm³/mol. The zero-order valence-corrected chi connectivity index (χ0v) is 20.4.